The zero-order valence-corrected chi connectivity index (χ0v) is 6.71. The largest absolute Gasteiger partial charge is 0.370 e. The van der Waals surface area contributed by atoms with E-state index in [1.54, 1.807) is 12.3 Å². The molecule has 0 radical (unpaired) electrons. The Bertz CT molecular complexity index is 309. The van der Waals surface area contributed by atoms with Crippen LogP contribution in [0.4, 0.5) is 5.82 Å². The summed E-state index contributed by atoms with van der Waals surface area (Å²) < 4.78 is 0. The molecule has 0 amide bonds. The maximum absolute atomic E-state index is 10.6. The minimum atomic E-state index is 0.771. The molecular weight excluding hydrogens is 152 g/mol. The van der Waals surface area contributed by atoms with E-state index in [1.807, 2.05) is 0 Å². The lowest BCUT2D eigenvalue weighted by Gasteiger charge is -2.17. The summed E-state index contributed by atoms with van der Waals surface area (Å²) in [6.07, 6.45) is 4.61. The molecule has 3 nitrogen and oxygen atoms in total. The normalized spacial score (nSPS) is 14.7. The Morgan fingerprint density at radius 3 is 3.33 bits per heavy atom. The van der Waals surface area contributed by atoms with Gasteiger partial charge in [0.1, 0.15) is 5.82 Å². The van der Waals surface area contributed by atoms with E-state index in [1.165, 1.54) is 0 Å². The number of carbonyl (C=O) groups excluding carboxylic acids is 1. The lowest BCUT2D eigenvalue weighted by Crippen LogP contribution is -2.14. The van der Waals surface area contributed by atoms with Gasteiger partial charge >= 0.3 is 0 Å². The number of anilines is 1. The number of aromatic nitrogens is 1. The van der Waals surface area contributed by atoms with Gasteiger partial charge in [0.2, 0.25) is 0 Å². The van der Waals surface area contributed by atoms with Gasteiger partial charge in [0.25, 0.3) is 0 Å². The predicted octanol–water partition coefficient (Wildman–Crippen LogP) is 1.25. The molecule has 0 saturated carbocycles. The Labute approximate surface area is 70.8 Å². The average Bonchev–Trinajstić information content (AvgIpc) is 2.17. The lowest BCUT2D eigenvalue weighted by molar-refractivity contribution is 0.112. The second kappa shape index (κ2) is 2.93. The average molecular weight is 162 g/mol. The van der Waals surface area contributed by atoms with Gasteiger partial charge in [0.15, 0.2) is 6.29 Å². The summed E-state index contributed by atoms with van der Waals surface area (Å²) in [4.78, 5) is 14.8. The number of carbonyl (C=O) groups is 1. The van der Waals surface area contributed by atoms with E-state index >= 15 is 0 Å². The van der Waals surface area contributed by atoms with Crippen molar-refractivity contribution < 1.29 is 4.79 Å². The molecule has 0 unspecified atom stereocenters. The topological polar surface area (TPSA) is 42.0 Å². The number of rotatable bonds is 1. The molecule has 0 atom stereocenters. The molecule has 0 bridgehead atoms. The summed E-state index contributed by atoms with van der Waals surface area (Å²) in [5.41, 5.74) is 1.84. The first kappa shape index (κ1) is 7.28. The molecule has 0 aromatic carbocycles. The van der Waals surface area contributed by atoms with E-state index in [2.05, 4.69) is 10.3 Å². The van der Waals surface area contributed by atoms with Crippen LogP contribution in [0, 0.1) is 0 Å². The summed E-state index contributed by atoms with van der Waals surface area (Å²) in [5.74, 6) is 0.880. The number of aldehydes is 1. The molecular formula is C9H10N2O. The highest BCUT2D eigenvalue weighted by atomic mass is 16.1. The number of hydrogen-bond donors (Lipinski definition) is 1. The first-order valence-corrected chi connectivity index (χ1v) is 4.09. The number of pyridine rings is 1. The molecule has 2 rings (SSSR count). The molecule has 2 heterocycles. The maximum atomic E-state index is 10.6. The molecule has 0 spiro atoms. The fourth-order valence-electron chi connectivity index (χ4n) is 1.50. The molecule has 0 aliphatic carbocycles. The van der Waals surface area contributed by atoms with Gasteiger partial charge in [-0.2, -0.15) is 0 Å². The van der Waals surface area contributed by atoms with Gasteiger partial charge in [-0.3, -0.25) is 4.79 Å². The summed E-state index contributed by atoms with van der Waals surface area (Å²) in [6.45, 7) is 0.961. The third kappa shape index (κ3) is 1.07. The fourth-order valence-corrected chi connectivity index (χ4v) is 1.50. The van der Waals surface area contributed by atoms with Crippen LogP contribution < -0.4 is 5.32 Å². The molecule has 1 N–H and O–H groups in total. The number of fused-ring (bicyclic) bond motifs is 1. The molecule has 0 fully saturated rings. The smallest absolute Gasteiger partial charge is 0.150 e. The Morgan fingerprint density at radius 2 is 2.50 bits per heavy atom. The Hall–Kier alpha value is -1.38. The van der Waals surface area contributed by atoms with Crippen LogP contribution in [-0.2, 0) is 6.42 Å². The van der Waals surface area contributed by atoms with E-state index in [4.69, 9.17) is 0 Å². The van der Waals surface area contributed by atoms with Crippen molar-refractivity contribution in [2.75, 3.05) is 11.9 Å². The monoisotopic (exact) mass is 162 g/mol. The van der Waals surface area contributed by atoms with Crippen molar-refractivity contribution in [3.05, 3.63) is 23.4 Å². The highest BCUT2D eigenvalue weighted by Crippen LogP contribution is 2.21. The molecule has 1 aliphatic heterocycles. The second-order valence-corrected chi connectivity index (χ2v) is 2.88. The van der Waals surface area contributed by atoms with E-state index in [0.717, 1.165) is 42.6 Å². The van der Waals surface area contributed by atoms with Crippen LogP contribution in [-0.4, -0.2) is 17.8 Å². The van der Waals surface area contributed by atoms with Crippen LogP contribution in [0.25, 0.3) is 0 Å². The van der Waals surface area contributed by atoms with Gasteiger partial charge in [-0.25, -0.2) is 4.98 Å². The van der Waals surface area contributed by atoms with Gasteiger partial charge < -0.3 is 5.32 Å². The summed E-state index contributed by atoms with van der Waals surface area (Å²) in [7, 11) is 0. The number of hydrogen-bond acceptors (Lipinski definition) is 3. The third-order valence-corrected chi connectivity index (χ3v) is 2.12. The van der Waals surface area contributed by atoms with Crippen LogP contribution in [0.5, 0.6) is 0 Å². The summed E-state index contributed by atoms with van der Waals surface area (Å²) in [6, 6.07) is 1.76. The Balaban J connectivity index is 2.51. The summed E-state index contributed by atoms with van der Waals surface area (Å²) in [5, 5.41) is 3.17. The van der Waals surface area contributed by atoms with Gasteiger partial charge in [-0.15, -0.1) is 0 Å². The molecule has 1 aliphatic rings. The van der Waals surface area contributed by atoms with Crippen LogP contribution in [0.15, 0.2) is 12.3 Å². The highest BCUT2D eigenvalue weighted by molar-refractivity contribution is 5.79. The van der Waals surface area contributed by atoms with Crippen molar-refractivity contribution >= 4 is 12.1 Å². The van der Waals surface area contributed by atoms with Crippen LogP contribution >= 0.6 is 0 Å². The van der Waals surface area contributed by atoms with Crippen molar-refractivity contribution in [3.63, 3.8) is 0 Å². The predicted molar refractivity (Wildman–Crippen MR) is 46.4 cm³/mol. The number of nitrogens with zero attached hydrogens (tertiary/aromatic N) is 1. The van der Waals surface area contributed by atoms with Crippen LogP contribution in [0.2, 0.25) is 0 Å². The Kier molecular flexibility index (Phi) is 1.78. The van der Waals surface area contributed by atoms with E-state index in [0.29, 0.717) is 0 Å². The molecule has 0 saturated heterocycles. The first-order valence-electron chi connectivity index (χ1n) is 4.09. The van der Waals surface area contributed by atoms with Crippen LogP contribution in [0.1, 0.15) is 22.3 Å². The third-order valence-electron chi connectivity index (χ3n) is 2.12. The van der Waals surface area contributed by atoms with Crippen molar-refractivity contribution in [1.82, 2.24) is 4.98 Å². The summed E-state index contributed by atoms with van der Waals surface area (Å²) >= 11 is 0. The quantitative estimate of drug-likeness (QED) is 0.632. The minimum absolute atomic E-state index is 0.771. The van der Waals surface area contributed by atoms with Gasteiger partial charge in [-0.1, -0.05) is 0 Å². The zero-order chi connectivity index (χ0) is 8.39. The first-order chi connectivity index (χ1) is 5.92. The van der Waals surface area contributed by atoms with Crippen molar-refractivity contribution in [1.29, 1.82) is 0 Å². The van der Waals surface area contributed by atoms with E-state index in [9.17, 15) is 4.79 Å². The lowest BCUT2D eigenvalue weighted by atomic mass is 10.0. The number of nitrogens with one attached hydrogen (secondary N) is 1. The van der Waals surface area contributed by atoms with Gasteiger partial charge in [-0.05, 0) is 18.9 Å². The van der Waals surface area contributed by atoms with Crippen LogP contribution in [0.3, 0.4) is 0 Å². The highest BCUT2D eigenvalue weighted by Gasteiger charge is 2.12. The van der Waals surface area contributed by atoms with Crippen molar-refractivity contribution in [2.45, 2.75) is 12.8 Å². The van der Waals surface area contributed by atoms with Gasteiger partial charge in [0, 0.05) is 23.9 Å². The molecule has 1 aromatic rings. The standard InChI is InChI=1S/C9H10N2O/c12-6-7-3-5-11-9-8(7)2-1-4-10-9/h3,5-6H,1-2,4H2,(H,10,11). The second-order valence-electron chi connectivity index (χ2n) is 2.88. The van der Waals surface area contributed by atoms with E-state index < -0.39 is 0 Å². The van der Waals surface area contributed by atoms with E-state index in [-0.39, 0.29) is 0 Å². The van der Waals surface area contributed by atoms with Crippen molar-refractivity contribution in [2.24, 2.45) is 0 Å². The zero-order valence-electron chi connectivity index (χ0n) is 6.71. The van der Waals surface area contributed by atoms with Crippen molar-refractivity contribution in [3.8, 4) is 0 Å². The molecule has 12 heavy (non-hydrogen) atoms. The van der Waals surface area contributed by atoms with Gasteiger partial charge in [0.05, 0.1) is 0 Å². The maximum Gasteiger partial charge on any atom is 0.150 e. The Morgan fingerprint density at radius 1 is 1.58 bits per heavy atom. The molecule has 1 aromatic heterocycles. The minimum Gasteiger partial charge on any atom is -0.370 e. The molecule has 62 valence electrons. The SMILES string of the molecule is O=Cc1ccnc2c1CCCN2. The molecule has 3 heteroatoms. The fraction of sp³-hybridized carbons (Fsp3) is 0.333.